The van der Waals surface area contributed by atoms with Crippen molar-refractivity contribution in [1.82, 2.24) is 25.2 Å². The number of carbonyl (C=O) groups excluding carboxylic acids is 2. The van der Waals surface area contributed by atoms with Gasteiger partial charge in [-0.1, -0.05) is 17.3 Å². The third-order valence-corrected chi connectivity index (χ3v) is 7.01. The maximum absolute atomic E-state index is 13.1. The van der Waals surface area contributed by atoms with Gasteiger partial charge in [-0.2, -0.15) is 5.10 Å². The van der Waals surface area contributed by atoms with Gasteiger partial charge in [-0.05, 0) is 29.1 Å². The molecule has 1 aromatic carbocycles. The number of thiophene rings is 1. The number of ether oxygens (including phenoxy) is 2. The molecule has 11 heteroatoms. The summed E-state index contributed by atoms with van der Waals surface area (Å²) in [6.45, 7) is 1.29. The van der Waals surface area contributed by atoms with Crippen LogP contribution in [-0.2, 0) is 26.6 Å². The van der Waals surface area contributed by atoms with Crippen molar-refractivity contribution in [3.8, 4) is 22.1 Å². The molecule has 0 saturated carbocycles. The van der Waals surface area contributed by atoms with Gasteiger partial charge < -0.3 is 24.2 Å². The maximum atomic E-state index is 13.1. The lowest BCUT2D eigenvalue weighted by molar-refractivity contribution is 0.0720. The summed E-state index contributed by atoms with van der Waals surface area (Å²) >= 11 is 1.52. The topological polar surface area (TPSA) is 112 Å². The molecule has 178 valence electrons. The minimum atomic E-state index is -0.296. The van der Waals surface area contributed by atoms with Gasteiger partial charge in [0.2, 0.25) is 6.79 Å². The average molecular weight is 492 g/mol. The molecular formula is C24H21N5O5S. The average Bonchev–Trinajstić information content (AvgIpc) is 3.68. The minimum absolute atomic E-state index is 0.199. The molecule has 0 bridgehead atoms. The number of hydrogen-bond acceptors (Lipinski definition) is 8. The molecule has 4 aromatic rings. The van der Waals surface area contributed by atoms with E-state index in [1.807, 2.05) is 42.8 Å². The second-order valence-electron chi connectivity index (χ2n) is 8.30. The van der Waals surface area contributed by atoms with Crippen LogP contribution in [0.1, 0.15) is 37.8 Å². The highest BCUT2D eigenvalue weighted by atomic mass is 32.1. The number of hydrogen-bond donors (Lipinski definition) is 1. The number of benzene rings is 1. The number of aromatic nitrogens is 3. The van der Waals surface area contributed by atoms with E-state index < -0.39 is 0 Å². The monoisotopic (exact) mass is 491 g/mol. The summed E-state index contributed by atoms with van der Waals surface area (Å²) in [4.78, 5) is 28.8. The molecule has 0 spiro atoms. The summed E-state index contributed by atoms with van der Waals surface area (Å²) in [6.07, 6.45) is 0.593. The van der Waals surface area contributed by atoms with E-state index in [9.17, 15) is 9.59 Å². The Morgan fingerprint density at radius 3 is 2.91 bits per heavy atom. The van der Waals surface area contributed by atoms with Crippen LogP contribution in [0.5, 0.6) is 11.5 Å². The first-order chi connectivity index (χ1) is 17.1. The van der Waals surface area contributed by atoms with Crippen molar-refractivity contribution in [2.75, 3.05) is 13.3 Å². The minimum Gasteiger partial charge on any atom is -0.454 e. The number of carbonyl (C=O) groups is 2. The Labute approximate surface area is 204 Å². The van der Waals surface area contributed by atoms with E-state index in [2.05, 4.69) is 15.6 Å². The van der Waals surface area contributed by atoms with E-state index in [1.54, 1.807) is 15.6 Å². The van der Waals surface area contributed by atoms with Crippen LogP contribution in [0.4, 0.5) is 0 Å². The van der Waals surface area contributed by atoms with Gasteiger partial charge in [-0.3, -0.25) is 14.3 Å². The fourth-order valence-corrected chi connectivity index (χ4v) is 5.01. The summed E-state index contributed by atoms with van der Waals surface area (Å²) in [7, 11) is 1.82. The van der Waals surface area contributed by atoms with Crippen LogP contribution in [0.25, 0.3) is 10.6 Å². The molecule has 5 heterocycles. The number of amides is 2. The Morgan fingerprint density at radius 2 is 2.06 bits per heavy atom. The first kappa shape index (κ1) is 21.4. The van der Waals surface area contributed by atoms with Gasteiger partial charge in [-0.25, -0.2) is 0 Å². The molecule has 6 rings (SSSR count). The molecule has 0 fully saturated rings. The fraction of sp³-hybridized carbons (Fsp3) is 0.250. The van der Waals surface area contributed by atoms with E-state index >= 15 is 0 Å². The Kier molecular flexibility index (Phi) is 5.25. The first-order valence-electron chi connectivity index (χ1n) is 11.1. The van der Waals surface area contributed by atoms with Crippen LogP contribution < -0.4 is 14.8 Å². The van der Waals surface area contributed by atoms with E-state index in [-0.39, 0.29) is 30.8 Å². The lowest BCUT2D eigenvalue weighted by Gasteiger charge is -2.26. The second kappa shape index (κ2) is 8.58. The second-order valence-corrected chi connectivity index (χ2v) is 9.25. The van der Waals surface area contributed by atoms with Crippen molar-refractivity contribution in [1.29, 1.82) is 0 Å². The highest BCUT2D eigenvalue weighted by molar-refractivity contribution is 7.13. The maximum Gasteiger partial charge on any atom is 0.276 e. The Hall–Kier alpha value is -4.12. The molecule has 0 aliphatic carbocycles. The molecule has 2 aliphatic heterocycles. The Morgan fingerprint density at radius 1 is 1.17 bits per heavy atom. The van der Waals surface area contributed by atoms with Crippen LogP contribution in [0.2, 0.25) is 0 Å². The highest BCUT2D eigenvalue weighted by Gasteiger charge is 2.31. The molecular weight excluding hydrogens is 470 g/mol. The van der Waals surface area contributed by atoms with Crippen molar-refractivity contribution in [3.63, 3.8) is 0 Å². The molecule has 2 amide bonds. The third kappa shape index (κ3) is 3.93. The molecule has 0 radical (unpaired) electrons. The molecule has 1 N–H and O–H groups in total. The first-order valence-corrected chi connectivity index (χ1v) is 12.0. The third-order valence-electron chi connectivity index (χ3n) is 6.13. The lowest BCUT2D eigenvalue weighted by Crippen LogP contribution is -2.37. The zero-order valence-corrected chi connectivity index (χ0v) is 19.6. The predicted octanol–water partition coefficient (Wildman–Crippen LogP) is 2.99. The Bertz CT molecular complexity index is 1420. The molecule has 0 saturated heterocycles. The van der Waals surface area contributed by atoms with Gasteiger partial charge in [0.15, 0.2) is 28.6 Å². The highest BCUT2D eigenvalue weighted by Crippen LogP contribution is 2.32. The SMILES string of the molecule is Cn1nc(C(=O)NCc2ccc3c(c2)OCO3)c2c1CCN(C(=O)c1cc(-c3cccs3)on1)C2. The van der Waals surface area contributed by atoms with Gasteiger partial charge in [0.25, 0.3) is 11.8 Å². The van der Waals surface area contributed by atoms with Crippen molar-refractivity contribution < 1.29 is 23.6 Å². The van der Waals surface area contributed by atoms with Crippen LogP contribution in [0.3, 0.4) is 0 Å². The normalized spacial score (nSPS) is 14.1. The summed E-state index contributed by atoms with van der Waals surface area (Å²) in [5.41, 5.74) is 3.14. The zero-order chi connectivity index (χ0) is 23.9. The van der Waals surface area contributed by atoms with Crippen molar-refractivity contribution in [3.05, 3.63) is 70.0 Å². The van der Waals surface area contributed by atoms with Gasteiger partial charge in [0.1, 0.15) is 0 Å². The fourth-order valence-electron chi connectivity index (χ4n) is 4.34. The number of aryl methyl sites for hydroxylation is 1. The van der Waals surface area contributed by atoms with Crippen molar-refractivity contribution in [2.45, 2.75) is 19.5 Å². The Balaban J connectivity index is 1.17. The quantitative estimate of drug-likeness (QED) is 0.457. The number of nitrogens with zero attached hydrogens (tertiary/aromatic N) is 4. The molecule has 0 unspecified atom stereocenters. The molecule has 0 atom stereocenters. The molecule has 10 nitrogen and oxygen atoms in total. The van der Waals surface area contributed by atoms with E-state index in [1.165, 1.54) is 11.3 Å². The van der Waals surface area contributed by atoms with Gasteiger partial charge in [-0.15, -0.1) is 11.3 Å². The lowest BCUT2D eigenvalue weighted by atomic mass is 10.0. The molecule has 35 heavy (non-hydrogen) atoms. The standard InChI is InChI=1S/C24H21N5O5S/c1-28-17-6-7-29(24(31)16-10-20(34-27-16)21-3-2-8-35-21)12-15(17)22(26-28)23(30)25-11-14-4-5-18-19(9-14)33-13-32-18/h2-5,8-10H,6-7,11-13H2,1H3,(H,25,30). The molecule has 2 aliphatic rings. The van der Waals surface area contributed by atoms with Crippen LogP contribution in [0.15, 0.2) is 46.3 Å². The van der Waals surface area contributed by atoms with E-state index in [0.717, 1.165) is 21.7 Å². The van der Waals surface area contributed by atoms with Crippen LogP contribution >= 0.6 is 11.3 Å². The van der Waals surface area contributed by atoms with E-state index in [4.69, 9.17) is 14.0 Å². The summed E-state index contributed by atoms with van der Waals surface area (Å²) in [5.74, 6) is 1.38. The number of rotatable bonds is 5. The van der Waals surface area contributed by atoms with Crippen LogP contribution in [0, 0.1) is 0 Å². The van der Waals surface area contributed by atoms with Gasteiger partial charge >= 0.3 is 0 Å². The summed E-state index contributed by atoms with van der Waals surface area (Å²) in [6, 6.07) is 11.0. The predicted molar refractivity (Wildman–Crippen MR) is 125 cm³/mol. The number of nitrogens with one attached hydrogen (secondary N) is 1. The van der Waals surface area contributed by atoms with Crippen molar-refractivity contribution >= 4 is 23.2 Å². The summed E-state index contributed by atoms with van der Waals surface area (Å²) in [5, 5.41) is 13.3. The number of fused-ring (bicyclic) bond motifs is 2. The summed E-state index contributed by atoms with van der Waals surface area (Å²) < 4.78 is 17.8. The van der Waals surface area contributed by atoms with Gasteiger partial charge in [0.05, 0.1) is 11.4 Å². The van der Waals surface area contributed by atoms with Crippen LogP contribution in [-0.4, -0.2) is 45.0 Å². The van der Waals surface area contributed by atoms with E-state index in [0.29, 0.717) is 42.5 Å². The zero-order valence-electron chi connectivity index (χ0n) is 18.8. The van der Waals surface area contributed by atoms with Gasteiger partial charge in [0, 0.05) is 43.9 Å². The van der Waals surface area contributed by atoms with Crippen molar-refractivity contribution in [2.24, 2.45) is 7.05 Å². The largest absolute Gasteiger partial charge is 0.454 e. The molecule has 3 aromatic heterocycles. The smallest absolute Gasteiger partial charge is 0.276 e.